The van der Waals surface area contributed by atoms with Crippen LogP contribution < -0.4 is 19.9 Å². The van der Waals surface area contributed by atoms with Crippen molar-refractivity contribution in [2.45, 2.75) is 50.3 Å². The lowest BCUT2D eigenvalue weighted by Crippen LogP contribution is -2.59. The first-order chi connectivity index (χ1) is 11.8. The molecule has 1 saturated heterocycles. The summed E-state index contributed by atoms with van der Waals surface area (Å²) in [6.07, 6.45) is -7.57. The molecule has 1 aliphatic heterocycles. The fourth-order valence-electron chi connectivity index (χ4n) is 2.62. The van der Waals surface area contributed by atoms with Crippen LogP contribution in [0.3, 0.4) is 0 Å². The predicted octanol–water partition coefficient (Wildman–Crippen LogP) is -1.27. The van der Waals surface area contributed by atoms with Crippen LogP contribution in [0, 0.1) is 0 Å². The summed E-state index contributed by atoms with van der Waals surface area (Å²) in [5, 5.41) is 39.1. The van der Waals surface area contributed by atoms with Gasteiger partial charge in [-0.25, -0.2) is 0 Å². The second-order valence-corrected chi connectivity index (χ2v) is 5.96. The summed E-state index contributed by atoms with van der Waals surface area (Å²) in [7, 11) is 2.88. The summed E-state index contributed by atoms with van der Waals surface area (Å²) in [6, 6.07) is 3.24. The normalized spacial score (nSPS) is 30.6. The zero-order chi connectivity index (χ0) is 18.7. The molecule has 1 aromatic rings. The largest absolute Gasteiger partial charge is 0.493 e. The molecule has 9 nitrogen and oxygen atoms in total. The third kappa shape index (κ3) is 4.14. The Kier molecular flexibility index (Phi) is 6.44. The molecule has 1 aliphatic rings. The van der Waals surface area contributed by atoms with E-state index in [0.29, 0.717) is 17.7 Å². The summed E-state index contributed by atoms with van der Waals surface area (Å²) in [5.74, 6) is 0.850. The standard InChI is InChI=1S/C16H25NO8/c1-7(17)6-8-4-5-9(22-2)14(23-3)13(8)24-16-12(20)10(18)11(19)15(21)25-16/h4-5,7,10-12,15-16,18-21H,6,17H2,1-3H3. The Hall–Kier alpha value is -1.62. The van der Waals surface area contributed by atoms with Crippen molar-refractivity contribution >= 4 is 0 Å². The number of aliphatic hydroxyl groups is 4. The van der Waals surface area contributed by atoms with Gasteiger partial charge >= 0.3 is 0 Å². The van der Waals surface area contributed by atoms with Gasteiger partial charge in [-0.3, -0.25) is 0 Å². The van der Waals surface area contributed by atoms with Crippen molar-refractivity contribution in [1.29, 1.82) is 0 Å². The van der Waals surface area contributed by atoms with E-state index in [2.05, 4.69) is 0 Å². The summed E-state index contributed by atoms with van der Waals surface area (Å²) < 4.78 is 21.3. The van der Waals surface area contributed by atoms with E-state index in [1.807, 2.05) is 6.92 Å². The average Bonchev–Trinajstić information content (AvgIpc) is 2.58. The summed E-state index contributed by atoms with van der Waals surface area (Å²) in [5.41, 5.74) is 6.52. The molecule has 0 spiro atoms. The molecule has 6 atom stereocenters. The number of aliphatic hydroxyl groups excluding tert-OH is 4. The van der Waals surface area contributed by atoms with Gasteiger partial charge < -0.3 is 45.1 Å². The molecule has 142 valence electrons. The molecule has 0 aromatic heterocycles. The first-order valence-electron chi connectivity index (χ1n) is 7.84. The minimum absolute atomic E-state index is 0.185. The van der Waals surface area contributed by atoms with Crippen molar-refractivity contribution in [2.75, 3.05) is 14.2 Å². The smallest absolute Gasteiger partial charge is 0.231 e. The van der Waals surface area contributed by atoms with Crippen molar-refractivity contribution in [3.05, 3.63) is 17.7 Å². The van der Waals surface area contributed by atoms with Crippen LogP contribution in [-0.4, -0.2) is 71.6 Å². The minimum Gasteiger partial charge on any atom is -0.493 e. The predicted molar refractivity (Wildman–Crippen MR) is 86.4 cm³/mol. The minimum atomic E-state index is -1.71. The molecule has 0 bridgehead atoms. The number of benzene rings is 1. The molecule has 9 heteroatoms. The monoisotopic (exact) mass is 359 g/mol. The van der Waals surface area contributed by atoms with Crippen LogP contribution in [0.5, 0.6) is 17.2 Å². The van der Waals surface area contributed by atoms with Crippen molar-refractivity contribution in [3.8, 4) is 17.2 Å². The van der Waals surface area contributed by atoms with Gasteiger partial charge in [-0.1, -0.05) is 6.07 Å². The lowest BCUT2D eigenvalue weighted by molar-refractivity contribution is -0.321. The Morgan fingerprint density at radius 2 is 1.72 bits per heavy atom. The molecule has 2 rings (SSSR count). The summed E-state index contributed by atoms with van der Waals surface area (Å²) >= 11 is 0. The van der Waals surface area contributed by atoms with Gasteiger partial charge in [-0.2, -0.15) is 0 Å². The SMILES string of the molecule is COc1ccc(CC(C)N)c(OC2OC(O)C(O)C(O)C2O)c1OC. The van der Waals surface area contributed by atoms with Crippen LogP contribution >= 0.6 is 0 Å². The van der Waals surface area contributed by atoms with Crippen LogP contribution in [-0.2, 0) is 11.2 Å². The Bertz CT molecular complexity index is 581. The molecule has 0 radical (unpaired) electrons. The van der Waals surface area contributed by atoms with Gasteiger partial charge in [0, 0.05) is 6.04 Å². The van der Waals surface area contributed by atoms with E-state index < -0.39 is 30.9 Å². The molecular weight excluding hydrogens is 334 g/mol. The average molecular weight is 359 g/mol. The topological polar surface area (TPSA) is 144 Å². The second-order valence-electron chi connectivity index (χ2n) is 5.96. The van der Waals surface area contributed by atoms with Gasteiger partial charge in [0.15, 0.2) is 17.8 Å². The molecule has 0 amide bonds. The van der Waals surface area contributed by atoms with E-state index in [0.717, 1.165) is 0 Å². The Morgan fingerprint density at radius 1 is 1.04 bits per heavy atom. The van der Waals surface area contributed by atoms with Gasteiger partial charge in [-0.05, 0) is 25.0 Å². The molecule has 1 heterocycles. The zero-order valence-corrected chi connectivity index (χ0v) is 14.3. The third-order valence-electron chi connectivity index (χ3n) is 3.90. The lowest BCUT2D eigenvalue weighted by atomic mass is 10.0. The Morgan fingerprint density at radius 3 is 2.28 bits per heavy atom. The number of hydrogen-bond donors (Lipinski definition) is 5. The Labute approximate surface area is 145 Å². The van der Waals surface area contributed by atoms with Gasteiger partial charge in [0.25, 0.3) is 0 Å². The fourth-order valence-corrected chi connectivity index (χ4v) is 2.62. The van der Waals surface area contributed by atoms with Crippen LogP contribution in [0.4, 0.5) is 0 Å². The van der Waals surface area contributed by atoms with Crippen molar-refractivity contribution in [2.24, 2.45) is 5.73 Å². The Balaban J connectivity index is 2.38. The van der Waals surface area contributed by atoms with E-state index in [1.54, 1.807) is 12.1 Å². The van der Waals surface area contributed by atoms with Crippen molar-refractivity contribution in [3.63, 3.8) is 0 Å². The second kappa shape index (κ2) is 8.17. The van der Waals surface area contributed by atoms with E-state index in [4.69, 9.17) is 24.7 Å². The highest BCUT2D eigenvalue weighted by Gasteiger charge is 2.45. The van der Waals surface area contributed by atoms with Gasteiger partial charge in [-0.15, -0.1) is 0 Å². The maximum absolute atomic E-state index is 10.1. The van der Waals surface area contributed by atoms with Crippen LogP contribution in [0.25, 0.3) is 0 Å². The summed E-state index contributed by atoms with van der Waals surface area (Å²) in [6.45, 7) is 1.82. The molecule has 25 heavy (non-hydrogen) atoms. The highest BCUT2D eigenvalue weighted by Crippen LogP contribution is 2.41. The molecular formula is C16H25NO8. The molecule has 1 aromatic carbocycles. The molecule has 6 N–H and O–H groups in total. The molecule has 6 unspecified atom stereocenters. The number of ether oxygens (including phenoxy) is 4. The van der Waals surface area contributed by atoms with Crippen molar-refractivity contribution in [1.82, 2.24) is 0 Å². The quantitative estimate of drug-likeness (QED) is 0.420. The highest BCUT2D eigenvalue weighted by atomic mass is 16.7. The fraction of sp³-hybridized carbons (Fsp3) is 0.625. The van der Waals surface area contributed by atoms with Gasteiger partial charge in [0.1, 0.15) is 18.3 Å². The maximum atomic E-state index is 10.1. The summed E-state index contributed by atoms with van der Waals surface area (Å²) in [4.78, 5) is 0. The van der Waals surface area contributed by atoms with E-state index in [9.17, 15) is 20.4 Å². The number of rotatable bonds is 6. The van der Waals surface area contributed by atoms with Crippen LogP contribution in [0.2, 0.25) is 0 Å². The highest BCUT2D eigenvalue weighted by molar-refractivity contribution is 5.56. The molecule has 0 aliphatic carbocycles. The lowest BCUT2D eigenvalue weighted by Gasteiger charge is -2.38. The maximum Gasteiger partial charge on any atom is 0.231 e. The molecule has 1 fully saturated rings. The zero-order valence-electron chi connectivity index (χ0n) is 14.3. The number of nitrogens with two attached hydrogens (primary N) is 1. The van der Waals surface area contributed by atoms with Gasteiger partial charge in [0.2, 0.25) is 12.0 Å². The number of hydrogen-bond acceptors (Lipinski definition) is 9. The van der Waals surface area contributed by atoms with Crippen LogP contribution in [0.15, 0.2) is 12.1 Å². The van der Waals surface area contributed by atoms with Crippen LogP contribution in [0.1, 0.15) is 12.5 Å². The van der Waals surface area contributed by atoms with E-state index in [-0.39, 0.29) is 17.5 Å². The first-order valence-corrected chi connectivity index (χ1v) is 7.84. The number of methoxy groups -OCH3 is 2. The third-order valence-corrected chi connectivity index (χ3v) is 3.90. The molecule has 0 saturated carbocycles. The van der Waals surface area contributed by atoms with Gasteiger partial charge in [0.05, 0.1) is 14.2 Å². The first kappa shape index (κ1) is 19.7. The van der Waals surface area contributed by atoms with Crippen molar-refractivity contribution < 1.29 is 39.4 Å². The van der Waals surface area contributed by atoms with E-state index in [1.165, 1.54) is 14.2 Å². The van der Waals surface area contributed by atoms with E-state index >= 15 is 0 Å².